The molecule has 4 amide bonds. The second-order valence-corrected chi connectivity index (χ2v) is 9.90. The van der Waals surface area contributed by atoms with E-state index in [1.165, 1.54) is 9.80 Å². The van der Waals surface area contributed by atoms with Crippen LogP contribution in [0, 0.1) is 0 Å². The number of hydrogen-bond donors (Lipinski definition) is 0. The van der Waals surface area contributed by atoms with Crippen LogP contribution >= 0.6 is 23.5 Å². The van der Waals surface area contributed by atoms with E-state index in [0.29, 0.717) is 38.8 Å². The van der Waals surface area contributed by atoms with Crippen LogP contribution in [0.5, 0.6) is 0 Å². The van der Waals surface area contributed by atoms with Crippen molar-refractivity contribution in [3.8, 4) is 0 Å². The van der Waals surface area contributed by atoms with Gasteiger partial charge in [0.15, 0.2) is 0 Å². The minimum atomic E-state index is -0.0931. The highest BCUT2D eigenvalue weighted by Crippen LogP contribution is 2.29. The summed E-state index contributed by atoms with van der Waals surface area (Å²) in [7, 11) is 0. The summed E-state index contributed by atoms with van der Waals surface area (Å²) in [5, 5.41) is 0.838. The molecule has 2 aromatic carbocycles. The van der Waals surface area contributed by atoms with E-state index in [0.717, 1.165) is 26.0 Å². The first-order valence-electron chi connectivity index (χ1n) is 10.1. The Balaban J connectivity index is 1.23. The van der Waals surface area contributed by atoms with E-state index < -0.39 is 0 Å². The van der Waals surface area contributed by atoms with Crippen molar-refractivity contribution in [2.24, 2.45) is 0 Å². The molecule has 2 aromatic rings. The topological polar surface area (TPSA) is 74.8 Å². The number of carbonyl (C=O) groups excluding carboxylic acids is 4. The van der Waals surface area contributed by atoms with Crippen LogP contribution in [0.1, 0.15) is 36.8 Å². The number of thioether (sulfide) groups is 2. The van der Waals surface area contributed by atoms with E-state index in [-0.39, 0.29) is 23.6 Å². The molecule has 0 bridgehead atoms. The van der Waals surface area contributed by atoms with Gasteiger partial charge in [0, 0.05) is 40.6 Å². The van der Waals surface area contributed by atoms with Crippen LogP contribution in [-0.4, -0.2) is 38.5 Å². The van der Waals surface area contributed by atoms with Gasteiger partial charge in [-0.2, -0.15) is 0 Å². The van der Waals surface area contributed by atoms with Crippen LogP contribution in [0.3, 0.4) is 0 Å². The molecular formula is C23H22N2O4S2. The highest BCUT2D eigenvalue weighted by Gasteiger charge is 2.29. The highest BCUT2D eigenvalue weighted by atomic mass is 32.2. The third-order valence-electron chi connectivity index (χ3n) is 5.29. The summed E-state index contributed by atoms with van der Waals surface area (Å²) in [6.07, 6.45) is 1.28. The molecule has 2 heterocycles. The van der Waals surface area contributed by atoms with Gasteiger partial charge in [0.2, 0.25) is 23.6 Å². The van der Waals surface area contributed by atoms with Crippen LogP contribution in [0.2, 0.25) is 0 Å². The Labute approximate surface area is 189 Å². The normalized spacial score (nSPS) is 16.6. The van der Waals surface area contributed by atoms with E-state index in [1.54, 1.807) is 23.5 Å². The van der Waals surface area contributed by atoms with Gasteiger partial charge in [-0.25, -0.2) is 0 Å². The summed E-state index contributed by atoms with van der Waals surface area (Å²) in [6, 6.07) is 15.9. The molecule has 0 unspecified atom stereocenters. The predicted octanol–water partition coefficient (Wildman–Crippen LogP) is 3.83. The third-order valence-corrected chi connectivity index (χ3v) is 7.44. The fourth-order valence-electron chi connectivity index (χ4n) is 3.51. The van der Waals surface area contributed by atoms with Crippen molar-refractivity contribution in [1.82, 2.24) is 9.80 Å². The average Bonchev–Trinajstić information content (AvgIpc) is 3.26. The Morgan fingerprint density at radius 1 is 0.548 bits per heavy atom. The monoisotopic (exact) mass is 454 g/mol. The summed E-state index contributed by atoms with van der Waals surface area (Å²) in [4.78, 5) is 51.8. The molecular weight excluding hydrogens is 432 g/mol. The molecule has 8 heteroatoms. The van der Waals surface area contributed by atoms with Gasteiger partial charge >= 0.3 is 0 Å². The summed E-state index contributed by atoms with van der Waals surface area (Å²) in [6.45, 7) is 0.691. The second-order valence-electron chi connectivity index (χ2n) is 7.44. The lowest BCUT2D eigenvalue weighted by atomic mass is 10.2. The van der Waals surface area contributed by atoms with Crippen LogP contribution in [0.25, 0.3) is 0 Å². The molecule has 0 atom stereocenters. The summed E-state index contributed by atoms with van der Waals surface area (Å²) >= 11 is 3.43. The first-order chi connectivity index (χ1) is 15.0. The average molecular weight is 455 g/mol. The van der Waals surface area contributed by atoms with Crippen molar-refractivity contribution in [1.29, 1.82) is 0 Å². The van der Waals surface area contributed by atoms with E-state index >= 15 is 0 Å². The van der Waals surface area contributed by atoms with Crippen LogP contribution < -0.4 is 0 Å². The summed E-state index contributed by atoms with van der Waals surface area (Å²) in [5.74, 6) is -0.372. The maximum absolute atomic E-state index is 11.7. The Hall–Kier alpha value is -2.58. The zero-order valence-electron chi connectivity index (χ0n) is 16.9. The molecule has 2 aliphatic rings. The van der Waals surface area contributed by atoms with Gasteiger partial charge in [-0.05, 0) is 35.4 Å². The number of benzene rings is 2. The van der Waals surface area contributed by atoms with E-state index in [9.17, 15) is 19.2 Å². The number of imide groups is 2. The Kier molecular flexibility index (Phi) is 6.77. The molecule has 160 valence electrons. The van der Waals surface area contributed by atoms with Gasteiger partial charge in [-0.15, -0.1) is 23.5 Å². The molecule has 0 aromatic heterocycles. The quantitative estimate of drug-likeness (QED) is 0.343. The molecule has 0 aliphatic carbocycles. The van der Waals surface area contributed by atoms with Crippen LogP contribution in [-0.2, 0) is 32.3 Å². The molecule has 0 saturated carbocycles. The number of rotatable bonds is 8. The van der Waals surface area contributed by atoms with Crippen LogP contribution in [0.4, 0.5) is 0 Å². The fourth-order valence-corrected chi connectivity index (χ4v) is 5.49. The van der Waals surface area contributed by atoms with Crippen molar-refractivity contribution in [2.75, 3.05) is 5.08 Å². The summed E-state index contributed by atoms with van der Waals surface area (Å²) in [5.41, 5.74) is 1.90. The van der Waals surface area contributed by atoms with Crippen molar-refractivity contribution in [3.05, 3.63) is 59.7 Å². The fraction of sp³-hybridized carbons (Fsp3) is 0.304. The predicted molar refractivity (Wildman–Crippen MR) is 119 cm³/mol. The second kappa shape index (κ2) is 9.70. The van der Waals surface area contributed by atoms with Gasteiger partial charge in [-0.1, -0.05) is 24.3 Å². The lowest BCUT2D eigenvalue weighted by Crippen LogP contribution is -2.28. The molecule has 0 spiro atoms. The zero-order chi connectivity index (χ0) is 21.8. The largest absolute Gasteiger partial charge is 0.278 e. The molecule has 0 radical (unpaired) electrons. The number of hydrogen-bond acceptors (Lipinski definition) is 6. The number of nitrogens with zero attached hydrogens (tertiary/aromatic N) is 2. The van der Waals surface area contributed by atoms with Gasteiger partial charge in [-0.3, -0.25) is 29.0 Å². The van der Waals surface area contributed by atoms with Gasteiger partial charge in [0.05, 0.1) is 13.1 Å². The molecule has 6 nitrogen and oxygen atoms in total. The first-order valence-corrected chi connectivity index (χ1v) is 12.1. The smallest absolute Gasteiger partial charge is 0.229 e. The molecule has 2 saturated heterocycles. The van der Waals surface area contributed by atoms with Crippen LogP contribution in [0.15, 0.2) is 58.3 Å². The van der Waals surface area contributed by atoms with Gasteiger partial charge in [0.1, 0.15) is 0 Å². The summed E-state index contributed by atoms with van der Waals surface area (Å²) < 4.78 is 0. The Morgan fingerprint density at radius 3 is 1.19 bits per heavy atom. The van der Waals surface area contributed by atoms with Crippen molar-refractivity contribution in [2.45, 2.75) is 48.6 Å². The van der Waals surface area contributed by atoms with Crippen molar-refractivity contribution in [3.63, 3.8) is 0 Å². The Bertz CT molecular complexity index is 892. The van der Waals surface area contributed by atoms with E-state index in [1.807, 2.05) is 48.5 Å². The number of likely N-dealkylation sites (tertiary alicyclic amines) is 2. The SMILES string of the molecule is O=C1CCC(=O)N1Cc1ccc(SCSc2ccc(CN3C(=O)CCC3=O)cc2)cc1. The van der Waals surface area contributed by atoms with Crippen molar-refractivity contribution < 1.29 is 19.2 Å². The zero-order valence-corrected chi connectivity index (χ0v) is 18.5. The van der Waals surface area contributed by atoms with Crippen molar-refractivity contribution >= 4 is 47.2 Å². The maximum atomic E-state index is 11.7. The molecule has 31 heavy (non-hydrogen) atoms. The minimum Gasteiger partial charge on any atom is -0.278 e. The van der Waals surface area contributed by atoms with E-state index in [4.69, 9.17) is 0 Å². The molecule has 2 fully saturated rings. The highest BCUT2D eigenvalue weighted by molar-refractivity contribution is 8.16. The van der Waals surface area contributed by atoms with E-state index in [2.05, 4.69) is 0 Å². The van der Waals surface area contributed by atoms with Gasteiger partial charge in [0.25, 0.3) is 0 Å². The molecule has 4 rings (SSSR count). The first kappa shape index (κ1) is 21.6. The molecule has 0 N–H and O–H groups in total. The minimum absolute atomic E-state index is 0.0931. The lowest BCUT2D eigenvalue weighted by molar-refractivity contribution is -0.140. The third kappa shape index (κ3) is 5.37. The van der Waals surface area contributed by atoms with Gasteiger partial charge < -0.3 is 0 Å². The standard InChI is InChI=1S/C23H22N2O4S2/c26-20-9-10-21(27)24(20)13-16-1-5-18(6-2-16)30-15-31-19-7-3-17(4-8-19)14-25-22(28)11-12-23(25)29/h1-8H,9-15H2. The Morgan fingerprint density at radius 2 is 0.871 bits per heavy atom. The maximum Gasteiger partial charge on any atom is 0.229 e. The molecule has 2 aliphatic heterocycles. The lowest BCUT2D eigenvalue weighted by Gasteiger charge is -2.14. The number of amides is 4. The number of carbonyl (C=O) groups is 4.